The molecule has 0 saturated carbocycles. The molecular formula is C12H10BrClFNO. The number of hydrogen-bond acceptors (Lipinski definition) is 2. The van der Waals surface area contributed by atoms with E-state index in [9.17, 15) is 4.39 Å². The fourth-order valence-electron chi connectivity index (χ4n) is 1.25. The number of para-hydroxylation sites is 1. The SMILES string of the molecule is Cl.Nc1ccc(Oc2ccccc2Br)c(F)c1. The Labute approximate surface area is 113 Å². The van der Waals surface area contributed by atoms with E-state index in [-0.39, 0.29) is 18.2 Å². The highest BCUT2D eigenvalue weighted by atomic mass is 79.9. The molecule has 0 aromatic heterocycles. The number of anilines is 1. The van der Waals surface area contributed by atoms with E-state index in [1.54, 1.807) is 12.1 Å². The molecule has 17 heavy (non-hydrogen) atoms. The Morgan fingerprint density at radius 1 is 1.06 bits per heavy atom. The van der Waals surface area contributed by atoms with Crippen LogP contribution in [0.25, 0.3) is 0 Å². The molecule has 90 valence electrons. The molecule has 0 saturated heterocycles. The van der Waals surface area contributed by atoms with Gasteiger partial charge in [-0.2, -0.15) is 0 Å². The van der Waals surface area contributed by atoms with Crippen molar-refractivity contribution in [1.82, 2.24) is 0 Å². The third-order valence-electron chi connectivity index (χ3n) is 2.01. The molecule has 0 aliphatic heterocycles. The molecule has 0 unspecified atom stereocenters. The maximum atomic E-state index is 13.4. The Morgan fingerprint density at radius 3 is 2.41 bits per heavy atom. The van der Waals surface area contributed by atoms with E-state index in [0.717, 1.165) is 4.47 Å². The van der Waals surface area contributed by atoms with Crippen molar-refractivity contribution in [3.63, 3.8) is 0 Å². The summed E-state index contributed by atoms with van der Waals surface area (Å²) >= 11 is 3.32. The van der Waals surface area contributed by atoms with Crippen LogP contribution in [0.4, 0.5) is 10.1 Å². The van der Waals surface area contributed by atoms with Gasteiger partial charge in [0.15, 0.2) is 11.6 Å². The van der Waals surface area contributed by atoms with Crippen LogP contribution in [0.1, 0.15) is 0 Å². The van der Waals surface area contributed by atoms with E-state index in [4.69, 9.17) is 10.5 Å². The monoisotopic (exact) mass is 317 g/mol. The van der Waals surface area contributed by atoms with E-state index in [2.05, 4.69) is 15.9 Å². The molecule has 2 nitrogen and oxygen atoms in total. The van der Waals surface area contributed by atoms with Gasteiger partial charge in [0.05, 0.1) is 4.47 Å². The molecule has 0 bridgehead atoms. The van der Waals surface area contributed by atoms with Crippen molar-refractivity contribution >= 4 is 34.0 Å². The Morgan fingerprint density at radius 2 is 1.76 bits per heavy atom. The van der Waals surface area contributed by atoms with Crippen LogP contribution in [0, 0.1) is 5.82 Å². The van der Waals surface area contributed by atoms with Gasteiger partial charge in [-0.3, -0.25) is 0 Å². The van der Waals surface area contributed by atoms with Crippen molar-refractivity contribution in [3.05, 3.63) is 52.8 Å². The highest BCUT2D eigenvalue weighted by Crippen LogP contribution is 2.31. The third kappa shape index (κ3) is 3.35. The molecule has 2 aromatic carbocycles. The maximum absolute atomic E-state index is 13.4. The molecule has 5 heteroatoms. The molecule has 0 fully saturated rings. The van der Waals surface area contributed by atoms with Crippen molar-refractivity contribution in [2.75, 3.05) is 5.73 Å². The van der Waals surface area contributed by atoms with E-state index in [1.807, 2.05) is 18.2 Å². The minimum absolute atomic E-state index is 0. The standard InChI is InChI=1S/C12H9BrFNO.ClH/c13-9-3-1-2-4-11(9)16-12-6-5-8(15)7-10(12)14;/h1-7H,15H2;1H. The van der Waals surface area contributed by atoms with Crippen LogP contribution in [-0.2, 0) is 0 Å². The predicted molar refractivity (Wildman–Crippen MR) is 72.3 cm³/mol. The fraction of sp³-hybridized carbons (Fsp3) is 0. The third-order valence-corrected chi connectivity index (χ3v) is 2.67. The van der Waals surface area contributed by atoms with Gasteiger partial charge < -0.3 is 10.5 Å². The number of halogens is 3. The maximum Gasteiger partial charge on any atom is 0.167 e. The summed E-state index contributed by atoms with van der Waals surface area (Å²) in [7, 11) is 0. The second kappa shape index (κ2) is 5.89. The fourth-order valence-corrected chi connectivity index (χ4v) is 1.61. The zero-order valence-corrected chi connectivity index (χ0v) is 11.1. The second-order valence-electron chi connectivity index (χ2n) is 3.22. The quantitative estimate of drug-likeness (QED) is 0.834. The van der Waals surface area contributed by atoms with E-state index in [1.165, 1.54) is 12.1 Å². The molecule has 0 aliphatic carbocycles. The number of benzene rings is 2. The van der Waals surface area contributed by atoms with E-state index < -0.39 is 5.82 Å². The first-order chi connectivity index (χ1) is 7.66. The Kier molecular flexibility index (Phi) is 4.78. The molecule has 0 atom stereocenters. The van der Waals surface area contributed by atoms with Crippen molar-refractivity contribution in [1.29, 1.82) is 0 Å². The van der Waals surface area contributed by atoms with Crippen LogP contribution in [0.3, 0.4) is 0 Å². The highest BCUT2D eigenvalue weighted by Gasteiger charge is 2.06. The minimum atomic E-state index is -0.476. The van der Waals surface area contributed by atoms with Crippen LogP contribution in [-0.4, -0.2) is 0 Å². The normalized spacial score (nSPS) is 9.53. The number of hydrogen-bond donors (Lipinski definition) is 1. The van der Waals surface area contributed by atoms with Gasteiger partial charge in [0.2, 0.25) is 0 Å². The zero-order chi connectivity index (χ0) is 11.5. The molecule has 0 aliphatic rings. The first kappa shape index (κ1) is 13.8. The first-order valence-electron chi connectivity index (χ1n) is 4.64. The topological polar surface area (TPSA) is 35.2 Å². The van der Waals surface area contributed by atoms with Crippen molar-refractivity contribution in [2.45, 2.75) is 0 Å². The van der Waals surface area contributed by atoms with E-state index >= 15 is 0 Å². The Bertz CT molecular complexity index is 522. The first-order valence-corrected chi connectivity index (χ1v) is 5.43. The molecule has 0 heterocycles. The lowest BCUT2D eigenvalue weighted by Gasteiger charge is -2.08. The van der Waals surface area contributed by atoms with Crippen molar-refractivity contribution in [3.8, 4) is 11.5 Å². The molecule has 0 amide bonds. The zero-order valence-electron chi connectivity index (χ0n) is 8.69. The summed E-state index contributed by atoms with van der Waals surface area (Å²) < 4.78 is 19.6. The average Bonchev–Trinajstić information content (AvgIpc) is 2.25. The van der Waals surface area contributed by atoms with Gasteiger partial charge in [-0.15, -0.1) is 12.4 Å². The number of ether oxygens (including phenoxy) is 1. The second-order valence-corrected chi connectivity index (χ2v) is 4.08. The summed E-state index contributed by atoms with van der Waals surface area (Å²) in [4.78, 5) is 0. The molecule has 2 N–H and O–H groups in total. The summed E-state index contributed by atoms with van der Waals surface area (Å²) in [5, 5.41) is 0. The van der Waals surface area contributed by atoms with E-state index in [0.29, 0.717) is 11.4 Å². The van der Waals surface area contributed by atoms with Gasteiger partial charge in [0.25, 0.3) is 0 Å². The highest BCUT2D eigenvalue weighted by molar-refractivity contribution is 9.10. The molecular weight excluding hydrogens is 308 g/mol. The Hall–Kier alpha value is -1.26. The van der Waals surface area contributed by atoms with Gasteiger partial charge in [0.1, 0.15) is 5.75 Å². The molecule has 0 spiro atoms. The molecule has 0 radical (unpaired) electrons. The lowest BCUT2D eigenvalue weighted by Crippen LogP contribution is -1.91. The van der Waals surface area contributed by atoms with Crippen LogP contribution in [0.15, 0.2) is 46.9 Å². The number of nitrogen functional groups attached to an aromatic ring is 1. The van der Waals surface area contributed by atoms with Crippen molar-refractivity contribution < 1.29 is 9.13 Å². The lowest BCUT2D eigenvalue weighted by atomic mass is 10.3. The van der Waals surface area contributed by atoms with Crippen LogP contribution in [0.5, 0.6) is 11.5 Å². The smallest absolute Gasteiger partial charge is 0.167 e. The lowest BCUT2D eigenvalue weighted by molar-refractivity contribution is 0.440. The van der Waals surface area contributed by atoms with Gasteiger partial charge in [0, 0.05) is 11.8 Å². The average molecular weight is 319 g/mol. The summed E-state index contributed by atoms with van der Waals surface area (Å²) in [6.45, 7) is 0. The molecule has 2 aromatic rings. The predicted octanol–water partition coefficient (Wildman–Crippen LogP) is 4.38. The largest absolute Gasteiger partial charge is 0.453 e. The van der Waals surface area contributed by atoms with Crippen LogP contribution >= 0.6 is 28.3 Å². The minimum Gasteiger partial charge on any atom is -0.453 e. The van der Waals surface area contributed by atoms with Gasteiger partial charge in [-0.1, -0.05) is 12.1 Å². The summed E-state index contributed by atoms with van der Waals surface area (Å²) in [5.41, 5.74) is 5.82. The summed E-state index contributed by atoms with van der Waals surface area (Å²) in [6, 6.07) is 11.6. The Balaban J connectivity index is 0.00000144. The summed E-state index contributed by atoms with van der Waals surface area (Å²) in [6.07, 6.45) is 0. The molecule has 2 rings (SSSR count). The van der Waals surface area contributed by atoms with Crippen LogP contribution in [0.2, 0.25) is 0 Å². The van der Waals surface area contributed by atoms with Gasteiger partial charge >= 0.3 is 0 Å². The van der Waals surface area contributed by atoms with Crippen molar-refractivity contribution in [2.24, 2.45) is 0 Å². The van der Waals surface area contributed by atoms with Crippen LogP contribution < -0.4 is 10.5 Å². The van der Waals surface area contributed by atoms with Gasteiger partial charge in [-0.05, 0) is 40.2 Å². The van der Waals surface area contributed by atoms with Gasteiger partial charge in [-0.25, -0.2) is 4.39 Å². The number of rotatable bonds is 2. The number of nitrogens with two attached hydrogens (primary N) is 1. The summed E-state index contributed by atoms with van der Waals surface area (Å²) in [5.74, 6) is 0.239.